The largest absolute Gasteiger partial charge is 0.496 e. The van der Waals surface area contributed by atoms with Gasteiger partial charge < -0.3 is 20.3 Å². The zero-order chi connectivity index (χ0) is 19.1. The first-order valence-electron chi connectivity index (χ1n) is 8.10. The number of ether oxygens (including phenoxy) is 1. The molecule has 0 spiro atoms. The summed E-state index contributed by atoms with van der Waals surface area (Å²) in [5.74, 6) is 0.602. The number of methoxy groups -OCH3 is 1. The van der Waals surface area contributed by atoms with Gasteiger partial charge in [-0.3, -0.25) is 4.79 Å². The second kappa shape index (κ2) is 9.10. The Morgan fingerprint density at radius 3 is 2.54 bits per heavy atom. The third kappa shape index (κ3) is 5.13. The first-order valence-corrected chi connectivity index (χ1v) is 8.48. The second-order valence-corrected chi connectivity index (χ2v) is 6.24. The number of hydrogen-bond donors (Lipinski definition) is 2. The average molecular weight is 376 g/mol. The van der Waals surface area contributed by atoms with Crippen molar-refractivity contribution in [2.24, 2.45) is 0 Å². The molecule has 6 nitrogen and oxygen atoms in total. The van der Waals surface area contributed by atoms with E-state index < -0.39 is 0 Å². The van der Waals surface area contributed by atoms with Crippen LogP contribution in [0.4, 0.5) is 10.5 Å². The average Bonchev–Trinajstić information content (AvgIpc) is 2.61. The number of hydrogen-bond acceptors (Lipinski definition) is 3. The van der Waals surface area contributed by atoms with Gasteiger partial charge in [0, 0.05) is 26.3 Å². The number of halogens is 1. The van der Waals surface area contributed by atoms with Crippen molar-refractivity contribution in [1.29, 1.82) is 0 Å². The summed E-state index contributed by atoms with van der Waals surface area (Å²) < 4.78 is 5.28. The van der Waals surface area contributed by atoms with E-state index in [1.807, 2.05) is 24.3 Å². The molecule has 7 heteroatoms. The lowest BCUT2D eigenvalue weighted by Crippen LogP contribution is -2.30. The van der Waals surface area contributed by atoms with Crippen LogP contribution in [0.25, 0.3) is 0 Å². The van der Waals surface area contributed by atoms with Crippen LogP contribution in [0.15, 0.2) is 42.5 Å². The highest BCUT2D eigenvalue weighted by molar-refractivity contribution is 6.34. The Hall–Kier alpha value is -2.73. The molecule has 0 aliphatic carbocycles. The van der Waals surface area contributed by atoms with Gasteiger partial charge in [0.2, 0.25) is 0 Å². The van der Waals surface area contributed by atoms with Crippen molar-refractivity contribution in [1.82, 2.24) is 10.2 Å². The number of nitrogens with zero attached hydrogens (tertiary/aromatic N) is 1. The molecule has 0 aliphatic heterocycles. The first kappa shape index (κ1) is 19.6. The number of carbonyl (C=O) groups is 2. The molecule has 0 saturated carbocycles. The molecule has 0 fully saturated rings. The van der Waals surface area contributed by atoms with Gasteiger partial charge in [-0.15, -0.1) is 0 Å². The van der Waals surface area contributed by atoms with Gasteiger partial charge in [-0.05, 0) is 36.2 Å². The minimum absolute atomic E-state index is 0.192. The van der Waals surface area contributed by atoms with Gasteiger partial charge in [0.1, 0.15) is 5.75 Å². The predicted molar refractivity (Wildman–Crippen MR) is 103 cm³/mol. The van der Waals surface area contributed by atoms with Crippen molar-refractivity contribution in [2.45, 2.75) is 6.42 Å². The quantitative estimate of drug-likeness (QED) is 0.812. The van der Waals surface area contributed by atoms with Crippen LogP contribution in [0, 0.1) is 0 Å². The number of carbonyl (C=O) groups excluding carboxylic acids is 2. The molecular weight excluding hydrogens is 354 g/mol. The van der Waals surface area contributed by atoms with E-state index in [0.717, 1.165) is 11.3 Å². The van der Waals surface area contributed by atoms with Crippen LogP contribution in [-0.4, -0.2) is 44.6 Å². The summed E-state index contributed by atoms with van der Waals surface area (Å²) in [6, 6.07) is 12.1. The maximum absolute atomic E-state index is 12.0. The maximum atomic E-state index is 12.0. The third-order valence-electron chi connectivity index (χ3n) is 3.74. The number of nitrogens with one attached hydrogen (secondary N) is 2. The number of rotatable bonds is 6. The third-order valence-corrected chi connectivity index (χ3v) is 4.05. The van der Waals surface area contributed by atoms with Gasteiger partial charge in [0.05, 0.1) is 17.7 Å². The fraction of sp³-hybridized carbons (Fsp3) is 0.263. The van der Waals surface area contributed by atoms with Crippen LogP contribution >= 0.6 is 11.6 Å². The molecule has 26 heavy (non-hydrogen) atoms. The molecule has 2 aromatic carbocycles. The summed E-state index contributed by atoms with van der Waals surface area (Å²) in [6.07, 6.45) is 0.647. The van der Waals surface area contributed by atoms with Gasteiger partial charge in [0.15, 0.2) is 0 Å². The Kier molecular flexibility index (Phi) is 6.86. The summed E-state index contributed by atoms with van der Waals surface area (Å²) in [4.78, 5) is 25.4. The lowest BCUT2D eigenvalue weighted by atomic mass is 10.1. The summed E-state index contributed by atoms with van der Waals surface area (Å²) >= 11 is 6.14. The minimum atomic E-state index is -0.345. The second-order valence-electron chi connectivity index (χ2n) is 5.84. The molecule has 3 amide bonds. The lowest BCUT2D eigenvalue weighted by molar-refractivity contribution is 0.0828. The summed E-state index contributed by atoms with van der Waals surface area (Å²) in [5.41, 5.74) is 1.92. The minimum Gasteiger partial charge on any atom is -0.496 e. The van der Waals surface area contributed by atoms with Crippen molar-refractivity contribution in [2.75, 3.05) is 33.1 Å². The Morgan fingerprint density at radius 1 is 1.15 bits per heavy atom. The van der Waals surface area contributed by atoms with Gasteiger partial charge in [-0.25, -0.2) is 4.79 Å². The lowest BCUT2D eigenvalue weighted by Gasteiger charge is -2.13. The number of anilines is 1. The number of amides is 3. The Balaban J connectivity index is 1.90. The SMILES string of the molecule is COc1ccccc1CCNC(=O)Nc1ccc(C(=O)N(C)C)c(Cl)c1. The van der Waals surface area contributed by atoms with E-state index in [1.165, 1.54) is 4.90 Å². The molecule has 0 aromatic heterocycles. The number of urea groups is 1. The summed E-state index contributed by atoms with van der Waals surface area (Å²) in [5, 5.41) is 5.77. The molecule has 2 rings (SSSR count). The number of benzene rings is 2. The first-order chi connectivity index (χ1) is 12.4. The van der Waals surface area contributed by atoms with E-state index in [-0.39, 0.29) is 17.0 Å². The molecule has 0 unspecified atom stereocenters. The summed E-state index contributed by atoms with van der Waals surface area (Å²) in [7, 11) is 4.92. The smallest absolute Gasteiger partial charge is 0.319 e. The topological polar surface area (TPSA) is 70.7 Å². The highest BCUT2D eigenvalue weighted by Gasteiger charge is 2.13. The van der Waals surface area contributed by atoms with Crippen LogP contribution in [-0.2, 0) is 6.42 Å². The van der Waals surface area contributed by atoms with Crippen molar-refractivity contribution in [3.8, 4) is 5.75 Å². The zero-order valence-corrected chi connectivity index (χ0v) is 15.8. The van der Waals surface area contributed by atoms with Gasteiger partial charge in [-0.2, -0.15) is 0 Å². The highest BCUT2D eigenvalue weighted by Crippen LogP contribution is 2.22. The van der Waals surface area contributed by atoms with Crippen molar-refractivity contribution >= 4 is 29.2 Å². The molecule has 0 atom stereocenters. The maximum Gasteiger partial charge on any atom is 0.319 e. The van der Waals surface area contributed by atoms with Crippen molar-refractivity contribution in [3.63, 3.8) is 0 Å². The molecule has 2 aromatic rings. The normalized spacial score (nSPS) is 10.2. The van der Waals surface area contributed by atoms with Crippen LogP contribution in [0.2, 0.25) is 5.02 Å². The van der Waals surface area contributed by atoms with Crippen molar-refractivity contribution < 1.29 is 14.3 Å². The molecule has 0 aliphatic rings. The number of para-hydroxylation sites is 1. The fourth-order valence-electron chi connectivity index (χ4n) is 2.40. The van der Waals surface area contributed by atoms with Crippen LogP contribution < -0.4 is 15.4 Å². The molecular formula is C19H22ClN3O3. The predicted octanol–water partition coefficient (Wildman–Crippen LogP) is 3.41. The monoisotopic (exact) mass is 375 g/mol. The zero-order valence-electron chi connectivity index (χ0n) is 15.0. The van der Waals surface area contributed by atoms with E-state index in [9.17, 15) is 9.59 Å². The fourth-order valence-corrected chi connectivity index (χ4v) is 2.66. The van der Waals surface area contributed by atoms with Crippen LogP contribution in [0.1, 0.15) is 15.9 Å². The van der Waals surface area contributed by atoms with Crippen LogP contribution in [0.3, 0.4) is 0 Å². The highest BCUT2D eigenvalue weighted by atomic mass is 35.5. The Bertz CT molecular complexity index is 793. The Morgan fingerprint density at radius 2 is 1.88 bits per heavy atom. The Labute approximate surface area is 158 Å². The molecule has 2 N–H and O–H groups in total. The molecule has 138 valence electrons. The molecule has 0 radical (unpaired) electrons. The summed E-state index contributed by atoms with van der Waals surface area (Å²) in [6.45, 7) is 0.455. The van der Waals surface area contributed by atoms with E-state index in [1.54, 1.807) is 39.4 Å². The van der Waals surface area contributed by atoms with E-state index in [2.05, 4.69) is 10.6 Å². The van der Waals surface area contributed by atoms with Crippen molar-refractivity contribution in [3.05, 3.63) is 58.6 Å². The molecule has 0 bridgehead atoms. The van der Waals surface area contributed by atoms with Gasteiger partial charge >= 0.3 is 6.03 Å². The standard InChI is InChI=1S/C19H22ClN3O3/c1-23(2)18(24)15-9-8-14(12-16(15)20)22-19(25)21-11-10-13-6-4-5-7-17(13)26-3/h4-9,12H,10-11H2,1-3H3,(H2,21,22,25). The van der Waals surface area contributed by atoms with E-state index in [0.29, 0.717) is 24.2 Å². The van der Waals surface area contributed by atoms with E-state index >= 15 is 0 Å². The van der Waals surface area contributed by atoms with Crippen LogP contribution in [0.5, 0.6) is 5.75 Å². The molecule has 0 saturated heterocycles. The van der Waals surface area contributed by atoms with Gasteiger partial charge in [0.25, 0.3) is 5.91 Å². The van der Waals surface area contributed by atoms with Gasteiger partial charge in [-0.1, -0.05) is 29.8 Å². The molecule has 0 heterocycles. The van der Waals surface area contributed by atoms with E-state index in [4.69, 9.17) is 16.3 Å².